The first kappa shape index (κ1) is 25.2. The number of halogens is 1. The minimum atomic E-state index is -0.132. The first-order valence-electron chi connectivity index (χ1n) is 14.1. The molecule has 0 radical (unpaired) electrons. The molecule has 1 aromatic heterocycles. The van der Waals surface area contributed by atoms with Gasteiger partial charge in [-0.25, -0.2) is 4.68 Å². The number of amides is 1. The first-order valence-corrected chi connectivity index (χ1v) is 14.4. The van der Waals surface area contributed by atoms with E-state index in [0.717, 1.165) is 64.1 Å². The molecular weight excluding hydrogens is 492 g/mol. The second-order valence-corrected chi connectivity index (χ2v) is 12.3. The smallest absolute Gasteiger partial charge is 0.272 e. The monoisotopic (exact) mass is 526 g/mol. The molecule has 196 valence electrons. The van der Waals surface area contributed by atoms with Gasteiger partial charge in [0.2, 0.25) is 0 Å². The van der Waals surface area contributed by atoms with Gasteiger partial charge in [0.15, 0.2) is 5.69 Å². The molecule has 0 atom stereocenters. The number of hydrogen-bond acceptors (Lipinski definition) is 3. The molecule has 4 aliphatic rings. The molecule has 7 rings (SSSR count). The Kier molecular flexibility index (Phi) is 6.78. The minimum Gasteiger partial charge on any atom is -0.351 e. The molecule has 0 spiro atoms. The fourth-order valence-corrected chi connectivity index (χ4v) is 8.05. The molecule has 5 nitrogen and oxygen atoms in total. The van der Waals surface area contributed by atoms with Crippen LogP contribution in [0, 0.1) is 54.8 Å². The van der Waals surface area contributed by atoms with Crippen LogP contribution in [0.25, 0.3) is 16.9 Å². The van der Waals surface area contributed by atoms with Crippen LogP contribution in [0.3, 0.4) is 0 Å². The number of aromatic nitrogens is 2. The Balaban J connectivity index is 1.20. The van der Waals surface area contributed by atoms with Crippen LogP contribution in [-0.4, -0.2) is 22.2 Å². The number of rotatable bonds is 7. The highest BCUT2D eigenvalue weighted by Gasteiger charge is 2.47. The summed E-state index contributed by atoms with van der Waals surface area (Å²) in [5, 5.41) is 17.9. The minimum absolute atomic E-state index is 0.132. The van der Waals surface area contributed by atoms with Gasteiger partial charge in [-0.2, -0.15) is 10.4 Å². The lowest BCUT2D eigenvalue weighted by Gasteiger charge is -2.54. The van der Waals surface area contributed by atoms with Crippen LogP contribution in [0.4, 0.5) is 0 Å². The third-order valence-electron chi connectivity index (χ3n) is 9.43. The van der Waals surface area contributed by atoms with Crippen LogP contribution in [0.15, 0.2) is 42.5 Å². The maximum Gasteiger partial charge on any atom is 0.272 e. The van der Waals surface area contributed by atoms with Crippen molar-refractivity contribution in [1.82, 2.24) is 15.1 Å². The summed E-state index contributed by atoms with van der Waals surface area (Å²) >= 11 is 6.16. The van der Waals surface area contributed by atoms with Gasteiger partial charge >= 0.3 is 0 Å². The van der Waals surface area contributed by atoms with Gasteiger partial charge in [0, 0.05) is 22.7 Å². The Bertz CT molecular complexity index is 1370. The van der Waals surface area contributed by atoms with Gasteiger partial charge in [-0.15, -0.1) is 0 Å². The SMILES string of the molecule is Cc1cc(C#N)ccc1-n1nc(C(=O)NCCCC2C3CC4CC(C3)CC2C4)c(C)c1-c1ccc(Cl)cc1. The molecule has 1 amide bonds. The predicted octanol–water partition coefficient (Wildman–Crippen LogP) is 7.26. The average Bonchev–Trinajstić information content (AvgIpc) is 3.24. The van der Waals surface area contributed by atoms with Crippen LogP contribution >= 0.6 is 11.6 Å². The number of carbonyl (C=O) groups is 1. The Morgan fingerprint density at radius 2 is 1.74 bits per heavy atom. The number of carbonyl (C=O) groups excluding carboxylic acids is 1. The van der Waals surface area contributed by atoms with E-state index in [1.54, 1.807) is 6.07 Å². The average molecular weight is 527 g/mol. The molecule has 4 fully saturated rings. The van der Waals surface area contributed by atoms with E-state index in [2.05, 4.69) is 11.4 Å². The van der Waals surface area contributed by atoms with Crippen molar-refractivity contribution in [2.45, 2.75) is 58.8 Å². The van der Waals surface area contributed by atoms with E-state index in [-0.39, 0.29) is 5.91 Å². The maximum absolute atomic E-state index is 13.4. The summed E-state index contributed by atoms with van der Waals surface area (Å²) in [4.78, 5) is 13.4. The summed E-state index contributed by atoms with van der Waals surface area (Å²) in [5.74, 6) is 4.58. The second kappa shape index (κ2) is 10.2. The van der Waals surface area contributed by atoms with Gasteiger partial charge in [-0.05, 0) is 124 Å². The Labute approximate surface area is 230 Å². The molecule has 6 heteroatoms. The van der Waals surface area contributed by atoms with Gasteiger partial charge in [0.05, 0.1) is 23.0 Å². The Morgan fingerprint density at radius 3 is 2.37 bits per heavy atom. The molecule has 0 saturated heterocycles. The van der Waals surface area contributed by atoms with Crippen molar-refractivity contribution in [3.05, 3.63) is 69.9 Å². The Hall–Kier alpha value is -3.10. The van der Waals surface area contributed by atoms with Crippen molar-refractivity contribution < 1.29 is 4.79 Å². The third kappa shape index (κ3) is 4.64. The van der Waals surface area contributed by atoms with Crippen molar-refractivity contribution in [2.24, 2.45) is 29.6 Å². The number of nitriles is 1. The van der Waals surface area contributed by atoms with Crippen molar-refractivity contribution in [2.75, 3.05) is 6.54 Å². The third-order valence-corrected chi connectivity index (χ3v) is 9.68. The molecular formula is C32H35ClN4O. The fraction of sp³-hybridized carbons (Fsp3) is 0.469. The van der Waals surface area contributed by atoms with E-state index >= 15 is 0 Å². The zero-order chi connectivity index (χ0) is 26.4. The normalized spacial score (nSPS) is 25.4. The molecule has 1 N–H and O–H groups in total. The van der Waals surface area contributed by atoms with Crippen LogP contribution in [0.2, 0.25) is 5.02 Å². The van der Waals surface area contributed by atoms with Crippen molar-refractivity contribution in [3.63, 3.8) is 0 Å². The van der Waals surface area contributed by atoms with Crippen molar-refractivity contribution in [3.8, 4) is 23.0 Å². The summed E-state index contributed by atoms with van der Waals surface area (Å²) in [7, 11) is 0. The van der Waals surface area contributed by atoms with Gasteiger partial charge < -0.3 is 5.32 Å². The van der Waals surface area contributed by atoms with Crippen molar-refractivity contribution in [1.29, 1.82) is 5.26 Å². The number of benzene rings is 2. The van der Waals surface area contributed by atoms with Crippen LogP contribution in [0.5, 0.6) is 0 Å². The second-order valence-electron chi connectivity index (χ2n) is 11.8. The first-order chi connectivity index (χ1) is 18.4. The number of nitrogens with one attached hydrogen (secondary N) is 1. The zero-order valence-corrected chi connectivity index (χ0v) is 23.0. The highest BCUT2D eigenvalue weighted by atomic mass is 35.5. The molecule has 0 aliphatic heterocycles. The van der Waals surface area contributed by atoms with E-state index in [4.69, 9.17) is 16.7 Å². The lowest BCUT2D eigenvalue weighted by molar-refractivity contribution is -0.0401. The standard InChI is InChI=1S/C32H35ClN4O/c1-19-12-21(18-34)5-10-29(19)37-31(24-6-8-27(33)9-7-24)20(2)30(36-37)32(38)35-11-3-4-28-25-14-22-13-23(16-25)17-26(28)15-22/h5-10,12,22-23,25-26,28H,3-4,11,13-17H2,1-2H3,(H,35,38). The van der Waals surface area contributed by atoms with E-state index in [1.807, 2.05) is 54.9 Å². The van der Waals surface area contributed by atoms with Gasteiger partial charge in [-0.3, -0.25) is 4.79 Å². The lowest BCUT2D eigenvalue weighted by atomic mass is 9.51. The summed E-state index contributed by atoms with van der Waals surface area (Å²) in [5.41, 5.74) is 5.42. The number of nitrogens with zero attached hydrogens (tertiary/aromatic N) is 3. The Morgan fingerprint density at radius 1 is 1.05 bits per heavy atom. The molecule has 0 unspecified atom stereocenters. The van der Waals surface area contributed by atoms with E-state index in [1.165, 1.54) is 38.5 Å². The van der Waals surface area contributed by atoms with Gasteiger partial charge in [-0.1, -0.05) is 23.7 Å². The van der Waals surface area contributed by atoms with Crippen LogP contribution in [0.1, 0.15) is 72.1 Å². The fourth-order valence-electron chi connectivity index (χ4n) is 7.93. The summed E-state index contributed by atoms with van der Waals surface area (Å²) in [6.45, 7) is 4.60. The molecule has 4 bridgehead atoms. The molecule has 3 aromatic rings. The van der Waals surface area contributed by atoms with Gasteiger partial charge in [0.1, 0.15) is 0 Å². The molecule has 1 heterocycles. The van der Waals surface area contributed by atoms with Crippen molar-refractivity contribution >= 4 is 17.5 Å². The predicted molar refractivity (Wildman–Crippen MR) is 150 cm³/mol. The zero-order valence-electron chi connectivity index (χ0n) is 22.2. The summed E-state index contributed by atoms with van der Waals surface area (Å²) in [6.07, 6.45) is 9.53. The quantitative estimate of drug-likeness (QED) is 0.329. The highest BCUT2D eigenvalue weighted by molar-refractivity contribution is 6.30. The topological polar surface area (TPSA) is 70.7 Å². The number of hydrogen-bond donors (Lipinski definition) is 1. The van der Waals surface area contributed by atoms with E-state index in [0.29, 0.717) is 22.8 Å². The molecule has 4 saturated carbocycles. The maximum atomic E-state index is 13.4. The number of aryl methyl sites for hydroxylation is 1. The van der Waals surface area contributed by atoms with Crippen LogP contribution < -0.4 is 5.32 Å². The van der Waals surface area contributed by atoms with Gasteiger partial charge in [0.25, 0.3) is 5.91 Å². The largest absolute Gasteiger partial charge is 0.351 e. The molecule has 2 aromatic carbocycles. The molecule has 38 heavy (non-hydrogen) atoms. The highest BCUT2D eigenvalue weighted by Crippen LogP contribution is 2.57. The summed E-state index contributed by atoms with van der Waals surface area (Å²) in [6, 6.07) is 15.3. The molecule has 4 aliphatic carbocycles. The van der Waals surface area contributed by atoms with E-state index in [9.17, 15) is 10.1 Å². The summed E-state index contributed by atoms with van der Waals surface area (Å²) < 4.78 is 1.83. The lowest BCUT2D eigenvalue weighted by Crippen LogP contribution is -2.45. The van der Waals surface area contributed by atoms with E-state index < -0.39 is 0 Å². The van der Waals surface area contributed by atoms with Crippen LogP contribution in [-0.2, 0) is 0 Å².